The van der Waals surface area contributed by atoms with Crippen molar-refractivity contribution < 1.29 is 22.7 Å². The SMILES string of the molecule is Cc1ccc(C)c(S(=O)(=O)C2(C(=O)OCC(=O)Nc3cccc(C#N)c3)CCCC2)c1. The van der Waals surface area contributed by atoms with Crippen molar-refractivity contribution in [1.82, 2.24) is 0 Å². The number of aryl methyl sites for hydroxylation is 2. The largest absolute Gasteiger partial charge is 0.454 e. The molecule has 0 spiro atoms. The molecule has 1 saturated carbocycles. The van der Waals surface area contributed by atoms with E-state index in [1.807, 2.05) is 12.1 Å². The third kappa shape index (κ3) is 4.47. The van der Waals surface area contributed by atoms with E-state index in [9.17, 15) is 18.0 Å². The Labute approximate surface area is 182 Å². The van der Waals surface area contributed by atoms with Gasteiger partial charge in [0, 0.05) is 5.69 Å². The fraction of sp³-hybridized carbons (Fsp3) is 0.348. The van der Waals surface area contributed by atoms with Gasteiger partial charge in [-0.1, -0.05) is 31.0 Å². The second-order valence-electron chi connectivity index (χ2n) is 7.79. The predicted molar refractivity (Wildman–Crippen MR) is 115 cm³/mol. The normalized spacial score (nSPS) is 15.1. The van der Waals surface area contributed by atoms with Gasteiger partial charge in [-0.3, -0.25) is 9.59 Å². The average molecular weight is 441 g/mol. The van der Waals surface area contributed by atoms with Crippen LogP contribution in [0.1, 0.15) is 42.4 Å². The van der Waals surface area contributed by atoms with Gasteiger partial charge in [0.25, 0.3) is 5.91 Å². The zero-order valence-electron chi connectivity index (χ0n) is 17.5. The van der Waals surface area contributed by atoms with Gasteiger partial charge in [0.05, 0.1) is 16.5 Å². The summed E-state index contributed by atoms with van der Waals surface area (Å²) in [6.45, 7) is 2.88. The fourth-order valence-corrected chi connectivity index (χ4v) is 6.22. The molecule has 0 unspecified atom stereocenters. The van der Waals surface area contributed by atoms with Crippen LogP contribution in [-0.4, -0.2) is 31.6 Å². The Morgan fingerprint density at radius 3 is 2.52 bits per heavy atom. The molecule has 0 radical (unpaired) electrons. The highest BCUT2D eigenvalue weighted by Gasteiger charge is 2.54. The molecular weight excluding hydrogens is 416 g/mol. The van der Waals surface area contributed by atoms with Crippen molar-refractivity contribution in [3.63, 3.8) is 0 Å². The highest BCUT2D eigenvalue weighted by Crippen LogP contribution is 2.42. The molecule has 1 N–H and O–H groups in total. The van der Waals surface area contributed by atoms with Crippen molar-refractivity contribution in [2.45, 2.75) is 49.2 Å². The molecule has 162 valence electrons. The molecule has 8 heteroatoms. The van der Waals surface area contributed by atoms with E-state index in [2.05, 4.69) is 5.32 Å². The van der Waals surface area contributed by atoms with E-state index in [0.717, 1.165) is 5.56 Å². The van der Waals surface area contributed by atoms with Gasteiger partial charge >= 0.3 is 5.97 Å². The lowest BCUT2D eigenvalue weighted by molar-refractivity contribution is -0.149. The number of sulfone groups is 1. The van der Waals surface area contributed by atoms with Crippen LogP contribution in [0.2, 0.25) is 0 Å². The lowest BCUT2D eigenvalue weighted by Gasteiger charge is -2.27. The minimum atomic E-state index is -4.01. The number of hydrogen-bond acceptors (Lipinski definition) is 6. The van der Waals surface area contributed by atoms with Crippen LogP contribution in [0.4, 0.5) is 5.69 Å². The second-order valence-corrected chi connectivity index (χ2v) is 10.0. The monoisotopic (exact) mass is 440 g/mol. The standard InChI is InChI=1S/C23H24N2O5S/c1-16-8-9-17(2)20(12-16)31(28,29)23(10-3-4-11-23)22(27)30-15-21(26)25-19-7-5-6-18(13-19)14-24/h5-9,12-13H,3-4,10-11,15H2,1-2H3,(H,25,26). The van der Waals surface area contributed by atoms with Gasteiger partial charge in [0.1, 0.15) is 0 Å². The van der Waals surface area contributed by atoms with Crippen LogP contribution < -0.4 is 5.32 Å². The Kier molecular flexibility index (Phi) is 6.46. The summed E-state index contributed by atoms with van der Waals surface area (Å²) in [6.07, 6.45) is 1.50. The van der Waals surface area contributed by atoms with Crippen LogP contribution in [0.5, 0.6) is 0 Å². The first-order chi connectivity index (χ1) is 14.7. The minimum absolute atomic E-state index is 0.129. The first kappa shape index (κ1) is 22.5. The topological polar surface area (TPSA) is 113 Å². The molecule has 1 aliphatic rings. The second kappa shape index (κ2) is 8.90. The van der Waals surface area contributed by atoms with Crippen molar-refractivity contribution >= 4 is 27.4 Å². The molecule has 1 aliphatic carbocycles. The Morgan fingerprint density at radius 2 is 1.84 bits per heavy atom. The molecule has 2 aromatic rings. The smallest absolute Gasteiger partial charge is 0.328 e. The van der Waals surface area contributed by atoms with Gasteiger partial charge in [-0.2, -0.15) is 5.26 Å². The highest BCUT2D eigenvalue weighted by molar-refractivity contribution is 7.93. The predicted octanol–water partition coefficient (Wildman–Crippen LogP) is 3.44. The number of benzene rings is 2. The summed E-state index contributed by atoms with van der Waals surface area (Å²) in [6, 6.07) is 13.4. The molecule has 1 amide bonds. The van der Waals surface area contributed by atoms with Crippen molar-refractivity contribution in [1.29, 1.82) is 5.26 Å². The van der Waals surface area contributed by atoms with E-state index in [0.29, 0.717) is 29.7 Å². The first-order valence-corrected chi connectivity index (χ1v) is 11.5. The van der Waals surface area contributed by atoms with E-state index in [-0.39, 0.29) is 17.7 Å². The molecule has 1 fully saturated rings. The summed E-state index contributed by atoms with van der Waals surface area (Å²) in [5, 5.41) is 11.5. The zero-order chi connectivity index (χ0) is 22.6. The molecule has 2 aromatic carbocycles. The molecule has 0 atom stereocenters. The minimum Gasteiger partial charge on any atom is -0.454 e. The van der Waals surface area contributed by atoms with Crippen molar-refractivity contribution in [2.24, 2.45) is 0 Å². The number of carbonyl (C=O) groups is 2. The quantitative estimate of drug-likeness (QED) is 0.689. The summed E-state index contributed by atoms with van der Waals surface area (Å²) < 4.78 is 30.6. The maximum atomic E-state index is 13.5. The molecule has 0 saturated heterocycles. The summed E-state index contributed by atoms with van der Waals surface area (Å²) in [5.74, 6) is -1.51. The highest BCUT2D eigenvalue weighted by atomic mass is 32.2. The van der Waals surface area contributed by atoms with E-state index in [4.69, 9.17) is 10.00 Å². The number of nitrogens with one attached hydrogen (secondary N) is 1. The lowest BCUT2D eigenvalue weighted by Crippen LogP contribution is -2.46. The number of rotatable bonds is 6. The lowest BCUT2D eigenvalue weighted by atomic mass is 10.1. The van der Waals surface area contributed by atoms with Crippen LogP contribution in [0, 0.1) is 25.2 Å². The summed E-state index contributed by atoms with van der Waals surface area (Å²) in [5.41, 5.74) is 2.11. The van der Waals surface area contributed by atoms with Crippen LogP contribution in [0.25, 0.3) is 0 Å². The average Bonchev–Trinajstić information content (AvgIpc) is 3.26. The number of esters is 1. The summed E-state index contributed by atoms with van der Waals surface area (Å²) >= 11 is 0. The Morgan fingerprint density at radius 1 is 1.13 bits per heavy atom. The number of hydrogen-bond donors (Lipinski definition) is 1. The van der Waals surface area contributed by atoms with E-state index >= 15 is 0 Å². The third-order valence-corrected chi connectivity index (χ3v) is 8.16. The van der Waals surface area contributed by atoms with E-state index < -0.39 is 33.1 Å². The Bertz CT molecular complexity index is 1160. The number of carbonyl (C=O) groups excluding carboxylic acids is 2. The summed E-state index contributed by atoms with van der Waals surface area (Å²) in [4.78, 5) is 25.4. The van der Waals surface area contributed by atoms with Crippen molar-refractivity contribution in [3.8, 4) is 6.07 Å². The summed E-state index contributed by atoms with van der Waals surface area (Å²) in [7, 11) is -4.01. The van der Waals surface area contributed by atoms with Gasteiger partial charge in [-0.05, 0) is 62.1 Å². The number of nitriles is 1. The van der Waals surface area contributed by atoms with Crippen molar-refractivity contribution in [2.75, 3.05) is 11.9 Å². The molecule has 0 aliphatic heterocycles. The van der Waals surface area contributed by atoms with Gasteiger partial charge in [-0.15, -0.1) is 0 Å². The van der Waals surface area contributed by atoms with Crippen molar-refractivity contribution in [3.05, 3.63) is 59.2 Å². The maximum absolute atomic E-state index is 13.5. The Hall–Kier alpha value is -3.18. The van der Waals surface area contributed by atoms with Crippen LogP contribution >= 0.6 is 0 Å². The molecule has 7 nitrogen and oxygen atoms in total. The first-order valence-electron chi connectivity index (χ1n) is 9.99. The molecule has 31 heavy (non-hydrogen) atoms. The van der Waals surface area contributed by atoms with E-state index in [1.54, 1.807) is 44.2 Å². The van der Waals surface area contributed by atoms with Gasteiger partial charge in [-0.25, -0.2) is 8.42 Å². The molecule has 0 bridgehead atoms. The van der Waals surface area contributed by atoms with Crippen LogP contribution in [0.3, 0.4) is 0 Å². The maximum Gasteiger partial charge on any atom is 0.328 e. The fourth-order valence-electron chi connectivity index (χ4n) is 3.86. The third-order valence-electron chi connectivity index (χ3n) is 5.54. The van der Waals surface area contributed by atoms with E-state index in [1.165, 1.54) is 6.07 Å². The molecule has 3 rings (SSSR count). The van der Waals surface area contributed by atoms with Crippen LogP contribution in [-0.2, 0) is 24.2 Å². The number of nitrogens with zero attached hydrogens (tertiary/aromatic N) is 1. The van der Waals surface area contributed by atoms with Crippen LogP contribution in [0.15, 0.2) is 47.4 Å². The Balaban J connectivity index is 1.78. The number of anilines is 1. The molecular formula is C23H24N2O5S. The number of ether oxygens (including phenoxy) is 1. The van der Waals surface area contributed by atoms with Gasteiger partial charge < -0.3 is 10.1 Å². The molecule has 0 heterocycles. The number of amides is 1. The molecule has 0 aromatic heterocycles. The zero-order valence-corrected chi connectivity index (χ0v) is 18.3. The van der Waals surface area contributed by atoms with Gasteiger partial charge in [0.2, 0.25) is 0 Å². The van der Waals surface area contributed by atoms with Gasteiger partial charge in [0.15, 0.2) is 21.2 Å².